The molecule has 0 aromatic heterocycles. The molecule has 1 heteroatoms. The molecule has 1 aromatic rings. The van der Waals surface area contributed by atoms with Crippen molar-refractivity contribution in [3.05, 3.63) is 34.4 Å². The molecule has 0 spiro atoms. The number of ketones is 1. The van der Waals surface area contributed by atoms with Gasteiger partial charge in [0.05, 0.1) is 0 Å². The molecule has 0 fully saturated rings. The van der Waals surface area contributed by atoms with Crippen LogP contribution in [0.3, 0.4) is 0 Å². The van der Waals surface area contributed by atoms with Crippen LogP contribution in [0.2, 0.25) is 0 Å². The molecule has 0 aliphatic heterocycles. The van der Waals surface area contributed by atoms with Crippen molar-refractivity contribution in [2.45, 2.75) is 65.7 Å². The van der Waals surface area contributed by atoms with Crippen LogP contribution in [0.5, 0.6) is 0 Å². The number of carbonyl (C=O) groups is 1. The standard InChI is InChI=1S/C18H26O/c1-8-18(7)13(4)17(5,6)15-10-14(12(3)19)11(2)9-16(15)18/h9-10,13H,8H2,1-7H3/t13-,18-/m0/s1. The van der Waals surface area contributed by atoms with Gasteiger partial charge in [-0.25, -0.2) is 0 Å². The number of benzene rings is 1. The highest BCUT2D eigenvalue weighted by Gasteiger charge is 2.50. The van der Waals surface area contributed by atoms with Gasteiger partial charge >= 0.3 is 0 Å². The Morgan fingerprint density at radius 1 is 1.21 bits per heavy atom. The fourth-order valence-corrected chi connectivity index (χ4v) is 3.85. The summed E-state index contributed by atoms with van der Waals surface area (Å²) in [7, 11) is 0. The van der Waals surface area contributed by atoms with Gasteiger partial charge in [0.2, 0.25) is 0 Å². The number of hydrogen-bond donors (Lipinski definition) is 0. The van der Waals surface area contributed by atoms with E-state index in [4.69, 9.17) is 0 Å². The van der Waals surface area contributed by atoms with Crippen LogP contribution >= 0.6 is 0 Å². The van der Waals surface area contributed by atoms with E-state index < -0.39 is 0 Å². The Kier molecular flexibility index (Phi) is 3.16. The third kappa shape index (κ3) is 1.78. The van der Waals surface area contributed by atoms with E-state index >= 15 is 0 Å². The number of aryl methyl sites for hydroxylation is 1. The zero-order valence-corrected chi connectivity index (χ0v) is 13.3. The van der Waals surface area contributed by atoms with Crippen molar-refractivity contribution >= 4 is 5.78 Å². The van der Waals surface area contributed by atoms with E-state index in [9.17, 15) is 4.79 Å². The van der Waals surface area contributed by atoms with Crippen molar-refractivity contribution < 1.29 is 4.79 Å². The van der Waals surface area contributed by atoms with Gasteiger partial charge in [-0.15, -0.1) is 0 Å². The van der Waals surface area contributed by atoms with Crippen molar-refractivity contribution in [2.24, 2.45) is 5.92 Å². The first-order valence-electron chi connectivity index (χ1n) is 7.32. The Morgan fingerprint density at radius 2 is 1.79 bits per heavy atom. The third-order valence-electron chi connectivity index (χ3n) is 5.83. The van der Waals surface area contributed by atoms with Gasteiger partial charge in [0.1, 0.15) is 0 Å². The molecule has 0 amide bonds. The molecule has 2 atom stereocenters. The molecule has 104 valence electrons. The monoisotopic (exact) mass is 258 g/mol. The fraction of sp³-hybridized carbons (Fsp3) is 0.611. The van der Waals surface area contributed by atoms with Gasteiger partial charge < -0.3 is 0 Å². The number of carbonyl (C=O) groups excluding carboxylic acids is 1. The lowest BCUT2D eigenvalue weighted by Crippen LogP contribution is -2.32. The molecule has 0 saturated carbocycles. The summed E-state index contributed by atoms with van der Waals surface area (Å²) in [6.07, 6.45) is 1.14. The Balaban J connectivity index is 2.77. The van der Waals surface area contributed by atoms with Gasteiger partial charge in [-0.05, 0) is 59.8 Å². The lowest BCUT2D eigenvalue weighted by molar-refractivity contribution is 0.101. The average Bonchev–Trinajstić information content (AvgIpc) is 2.48. The third-order valence-corrected chi connectivity index (χ3v) is 5.83. The van der Waals surface area contributed by atoms with Crippen LogP contribution in [-0.2, 0) is 10.8 Å². The SMILES string of the molecule is CC[C@]1(C)c2cc(C)c(C(C)=O)cc2C(C)(C)[C@@H]1C. The predicted octanol–water partition coefficient (Wildman–Crippen LogP) is 4.79. The molecule has 1 aliphatic rings. The van der Waals surface area contributed by atoms with Gasteiger partial charge in [-0.1, -0.05) is 40.7 Å². The summed E-state index contributed by atoms with van der Waals surface area (Å²) in [5.41, 5.74) is 5.20. The second-order valence-electron chi connectivity index (χ2n) is 6.98. The first-order valence-corrected chi connectivity index (χ1v) is 7.32. The molecule has 1 aliphatic carbocycles. The minimum atomic E-state index is 0.137. The Labute approximate surface area is 117 Å². The second kappa shape index (κ2) is 4.19. The summed E-state index contributed by atoms with van der Waals surface area (Å²) in [6.45, 7) is 15.4. The Morgan fingerprint density at radius 3 is 2.26 bits per heavy atom. The summed E-state index contributed by atoms with van der Waals surface area (Å²) in [5.74, 6) is 0.760. The van der Waals surface area contributed by atoms with Crippen molar-refractivity contribution in [1.82, 2.24) is 0 Å². The van der Waals surface area contributed by atoms with Crippen LogP contribution in [0.15, 0.2) is 12.1 Å². The van der Waals surface area contributed by atoms with E-state index in [1.54, 1.807) is 6.92 Å². The first kappa shape index (κ1) is 14.3. The van der Waals surface area contributed by atoms with Crippen LogP contribution in [0, 0.1) is 12.8 Å². The normalized spacial score (nSPS) is 28.3. The van der Waals surface area contributed by atoms with Crippen LogP contribution in [0.25, 0.3) is 0 Å². The molecule has 2 rings (SSSR count). The van der Waals surface area contributed by atoms with Crippen LogP contribution in [0.1, 0.15) is 75.0 Å². The quantitative estimate of drug-likeness (QED) is 0.697. The van der Waals surface area contributed by atoms with Crippen LogP contribution in [0.4, 0.5) is 0 Å². The molecule has 0 N–H and O–H groups in total. The number of fused-ring (bicyclic) bond motifs is 1. The van der Waals surface area contributed by atoms with E-state index in [0.717, 1.165) is 17.5 Å². The van der Waals surface area contributed by atoms with E-state index in [1.807, 2.05) is 0 Å². The molecule has 19 heavy (non-hydrogen) atoms. The molecule has 0 saturated heterocycles. The van der Waals surface area contributed by atoms with Crippen molar-refractivity contribution in [3.8, 4) is 0 Å². The summed E-state index contributed by atoms with van der Waals surface area (Å²) < 4.78 is 0. The summed E-state index contributed by atoms with van der Waals surface area (Å²) in [4.78, 5) is 11.8. The predicted molar refractivity (Wildman–Crippen MR) is 81.0 cm³/mol. The Bertz CT molecular complexity index is 539. The van der Waals surface area contributed by atoms with E-state index in [0.29, 0.717) is 5.92 Å². The lowest BCUT2D eigenvalue weighted by Gasteiger charge is -2.35. The second-order valence-corrected chi connectivity index (χ2v) is 6.98. The first-order chi connectivity index (χ1) is 8.66. The molecule has 0 heterocycles. The van der Waals surface area contributed by atoms with Crippen LogP contribution in [-0.4, -0.2) is 5.78 Å². The average molecular weight is 258 g/mol. The highest BCUT2D eigenvalue weighted by molar-refractivity contribution is 5.96. The van der Waals surface area contributed by atoms with Crippen LogP contribution < -0.4 is 0 Å². The molecular formula is C18H26O. The van der Waals surface area contributed by atoms with Gasteiger partial charge in [0, 0.05) is 5.56 Å². The number of rotatable bonds is 2. The van der Waals surface area contributed by atoms with Gasteiger partial charge in [-0.3, -0.25) is 4.79 Å². The zero-order chi connectivity index (χ0) is 14.6. The largest absolute Gasteiger partial charge is 0.295 e. The molecule has 0 radical (unpaired) electrons. The zero-order valence-electron chi connectivity index (χ0n) is 13.3. The van der Waals surface area contributed by atoms with Crippen molar-refractivity contribution in [3.63, 3.8) is 0 Å². The summed E-state index contributed by atoms with van der Waals surface area (Å²) >= 11 is 0. The minimum absolute atomic E-state index is 0.137. The maximum Gasteiger partial charge on any atom is 0.160 e. The molecular weight excluding hydrogens is 232 g/mol. The Hall–Kier alpha value is -1.11. The fourth-order valence-electron chi connectivity index (χ4n) is 3.85. The number of Topliss-reactive ketones (excluding diaryl/α,β-unsaturated/α-hetero) is 1. The molecule has 1 nitrogen and oxygen atoms in total. The van der Waals surface area contributed by atoms with E-state index in [1.165, 1.54) is 11.1 Å². The lowest BCUT2D eigenvalue weighted by atomic mass is 9.69. The summed E-state index contributed by atoms with van der Waals surface area (Å²) in [6, 6.07) is 4.42. The van der Waals surface area contributed by atoms with Crippen molar-refractivity contribution in [1.29, 1.82) is 0 Å². The molecule has 0 bridgehead atoms. The highest BCUT2D eigenvalue weighted by atomic mass is 16.1. The maximum atomic E-state index is 11.8. The van der Waals surface area contributed by atoms with E-state index in [-0.39, 0.29) is 16.6 Å². The summed E-state index contributed by atoms with van der Waals surface area (Å²) in [5, 5.41) is 0. The van der Waals surface area contributed by atoms with E-state index in [2.05, 4.69) is 53.7 Å². The highest BCUT2D eigenvalue weighted by Crippen LogP contribution is 2.55. The van der Waals surface area contributed by atoms with Gasteiger partial charge in [0.15, 0.2) is 5.78 Å². The molecule has 0 unspecified atom stereocenters. The minimum Gasteiger partial charge on any atom is -0.295 e. The number of hydrogen-bond acceptors (Lipinski definition) is 1. The molecule has 1 aromatic carbocycles. The smallest absolute Gasteiger partial charge is 0.160 e. The van der Waals surface area contributed by atoms with Gasteiger partial charge in [0.25, 0.3) is 0 Å². The van der Waals surface area contributed by atoms with Gasteiger partial charge in [-0.2, -0.15) is 0 Å². The van der Waals surface area contributed by atoms with Crippen molar-refractivity contribution in [2.75, 3.05) is 0 Å². The maximum absolute atomic E-state index is 11.8. The topological polar surface area (TPSA) is 17.1 Å².